The molecule has 1 aromatic heterocycles. The number of aromatic nitrogens is 2. The van der Waals surface area contributed by atoms with Crippen molar-refractivity contribution in [3.8, 4) is 16.9 Å². The lowest BCUT2D eigenvalue weighted by Gasteiger charge is -2.11. The summed E-state index contributed by atoms with van der Waals surface area (Å²) >= 11 is 0. The van der Waals surface area contributed by atoms with E-state index in [9.17, 15) is 15.2 Å². The van der Waals surface area contributed by atoms with Crippen LogP contribution in [0.5, 0.6) is 5.75 Å². The highest BCUT2D eigenvalue weighted by Gasteiger charge is 2.15. The van der Waals surface area contributed by atoms with Gasteiger partial charge in [0.15, 0.2) is 0 Å². The fourth-order valence-corrected chi connectivity index (χ4v) is 2.75. The van der Waals surface area contributed by atoms with E-state index in [-0.39, 0.29) is 11.4 Å². The average Bonchev–Trinajstić information content (AvgIpc) is 3.02. The van der Waals surface area contributed by atoms with Crippen molar-refractivity contribution in [1.29, 1.82) is 0 Å². The molecule has 8 heteroatoms. The first-order valence-electron chi connectivity index (χ1n) is 7.73. The van der Waals surface area contributed by atoms with E-state index < -0.39 is 4.92 Å². The van der Waals surface area contributed by atoms with Gasteiger partial charge >= 0.3 is 0 Å². The Morgan fingerprint density at radius 3 is 2.81 bits per heavy atom. The Hall–Kier alpha value is -3.68. The van der Waals surface area contributed by atoms with Gasteiger partial charge in [-0.15, -0.1) is 0 Å². The van der Waals surface area contributed by atoms with E-state index >= 15 is 0 Å². The summed E-state index contributed by atoms with van der Waals surface area (Å²) in [5.41, 5.74) is 2.94. The van der Waals surface area contributed by atoms with Gasteiger partial charge in [0.2, 0.25) is 0 Å². The normalized spacial score (nSPS) is 11.1. The number of nitro groups is 1. The molecule has 132 valence electrons. The number of phenolic OH excluding ortho intramolecular Hbond substituents is 1. The molecule has 3 aromatic rings. The molecular weight excluding hydrogens is 336 g/mol. The third-order valence-electron chi connectivity index (χ3n) is 4.07. The number of nitro benzene ring substituents is 1. The van der Waals surface area contributed by atoms with Gasteiger partial charge in [-0.25, -0.2) is 4.98 Å². The topological polar surface area (TPSA) is 114 Å². The highest BCUT2D eigenvalue weighted by molar-refractivity contribution is 5.89. The molecule has 0 aliphatic heterocycles. The third kappa shape index (κ3) is 3.39. The van der Waals surface area contributed by atoms with Gasteiger partial charge in [0.1, 0.15) is 5.75 Å². The zero-order chi connectivity index (χ0) is 18.7. The molecule has 8 nitrogen and oxygen atoms in total. The lowest BCUT2D eigenvalue weighted by atomic mass is 9.96. The van der Waals surface area contributed by atoms with Gasteiger partial charge in [-0.05, 0) is 23.3 Å². The van der Waals surface area contributed by atoms with E-state index in [1.54, 1.807) is 36.8 Å². The predicted molar refractivity (Wildman–Crippen MR) is 95.6 cm³/mol. The van der Waals surface area contributed by atoms with E-state index in [2.05, 4.69) is 10.1 Å². The van der Waals surface area contributed by atoms with E-state index in [4.69, 9.17) is 5.21 Å². The van der Waals surface area contributed by atoms with Crippen LogP contribution in [0.15, 0.2) is 54.1 Å². The molecule has 0 aliphatic rings. The third-order valence-corrected chi connectivity index (χ3v) is 4.07. The molecule has 0 radical (unpaired) electrons. The molecule has 0 atom stereocenters. The first-order chi connectivity index (χ1) is 12.5. The van der Waals surface area contributed by atoms with Crippen LogP contribution < -0.4 is 0 Å². The summed E-state index contributed by atoms with van der Waals surface area (Å²) in [5.74, 6) is -0.114. The zero-order valence-corrected chi connectivity index (χ0v) is 13.9. The van der Waals surface area contributed by atoms with Crippen molar-refractivity contribution in [2.75, 3.05) is 0 Å². The van der Waals surface area contributed by atoms with E-state index in [0.717, 1.165) is 17.5 Å². The maximum absolute atomic E-state index is 11.0. The van der Waals surface area contributed by atoms with Gasteiger partial charge in [-0.1, -0.05) is 17.3 Å². The molecule has 0 fully saturated rings. The van der Waals surface area contributed by atoms with Crippen LogP contribution in [0.1, 0.15) is 16.8 Å². The smallest absolute Gasteiger partial charge is 0.270 e. The van der Waals surface area contributed by atoms with Gasteiger partial charge in [0, 0.05) is 48.6 Å². The van der Waals surface area contributed by atoms with Gasteiger partial charge in [0.05, 0.1) is 17.5 Å². The number of phenols is 1. The van der Waals surface area contributed by atoms with Gasteiger partial charge < -0.3 is 14.9 Å². The molecule has 1 heterocycles. The Bertz CT molecular complexity index is 995. The SMILES string of the molecule is Cn1cncc1Cc1cc(C=NO)c(O)c(-c2cccc([N+](=O)[O-])c2)c1. The number of imidazole rings is 1. The first kappa shape index (κ1) is 17.2. The molecule has 0 amide bonds. The Morgan fingerprint density at radius 2 is 2.15 bits per heavy atom. The molecule has 2 N–H and O–H groups in total. The fourth-order valence-electron chi connectivity index (χ4n) is 2.75. The minimum Gasteiger partial charge on any atom is -0.507 e. The number of benzene rings is 2. The van der Waals surface area contributed by atoms with Gasteiger partial charge in [-0.2, -0.15) is 0 Å². The Balaban J connectivity index is 2.13. The largest absolute Gasteiger partial charge is 0.507 e. The summed E-state index contributed by atoms with van der Waals surface area (Å²) in [7, 11) is 1.88. The second-order valence-electron chi connectivity index (χ2n) is 5.81. The van der Waals surface area contributed by atoms with Crippen molar-refractivity contribution in [1.82, 2.24) is 9.55 Å². The monoisotopic (exact) mass is 352 g/mol. The molecule has 0 saturated carbocycles. The molecule has 2 aromatic carbocycles. The van der Waals surface area contributed by atoms with Crippen LogP contribution in [-0.4, -0.2) is 31.0 Å². The first-order valence-corrected chi connectivity index (χ1v) is 7.73. The summed E-state index contributed by atoms with van der Waals surface area (Å²) in [6.07, 6.45) is 5.08. The van der Waals surface area contributed by atoms with Crippen molar-refractivity contribution < 1.29 is 15.2 Å². The standard InChI is InChI=1S/C18H16N4O4/c1-21-11-19-10-16(21)6-12-5-14(9-20-24)18(23)17(7-12)13-3-2-4-15(8-13)22(25)26/h2-5,7-11,23-24H,6H2,1H3. The van der Waals surface area contributed by atoms with Gasteiger partial charge in [-0.3, -0.25) is 10.1 Å². The summed E-state index contributed by atoms with van der Waals surface area (Å²) in [6.45, 7) is 0. The van der Waals surface area contributed by atoms with Crippen LogP contribution in [0.4, 0.5) is 5.69 Å². The van der Waals surface area contributed by atoms with Crippen LogP contribution in [0, 0.1) is 10.1 Å². The lowest BCUT2D eigenvalue weighted by molar-refractivity contribution is -0.384. The van der Waals surface area contributed by atoms with Crippen molar-refractivity contribution in [2.45, 2.75) is 6.42 Å². The minimum absolute atomic E-state index is 0.0729. The number of aryl methyl sites for hydroxylation is 1. The molecule has 0 aliphatic carbocycles. The number of non-ortho nitro benzene ring substituents is 1. The zero-order valence-electron chi connectivity index (χ0n) is 13.9. The molecular formula is C18H16N4O4. The maximum atomic E-state index is 11.0. The summed E-state index contributed by atoms with van der Waals surface area (Å²) in [6, 6.07) is 9.47. The Kier molecular flexibility index (Phi) is 4.66. The van der Waals surface area contributed by atoms with Crippen LogP contribution in [-0.2, 0) is 13.5 Å². The summed E-state index contributed by atoms with van der Waals surface area (Å²) < 4.78 is 1.87. The minimum atomic E-state index is -0.490. The fraction of sp³-hybridized carbons (Fsp3) is 0.111. The summed E-state index contributed by atoms with van der Waals surface area (Å²) in [4.78, 5) is 14.6. The quantitative estimate of drug-likeness (QED) is 0.317. The maximum Gasteiger partial charge on any atom is 0.270 e. The van der Waals surface area contributed by atoms with Crippen molar-refractivity contribution in [2.24, 2.45) is 12.2 Å². The molecule has 0 saturated heterocycles. The number of aromatic hydroxyl groups is 1. The van der Waals surface area contributed by atoms with Gasteiger partial charge in [0.25, 0.3) is 5.69 Å². The molecule has 0 unspecified atom stereocenters. The van der Waals surface area contributed by atoms with Crippen molar-refractivity contribution in [3.63, 3.8) is 0 Å². The average molecular weight is 352 g/mol. The Morgan fingerprint density at radius 1 is 1.35 bits per heavy atom. The Labute approximate surface area is 148 Å². The second kappa shape index (κ2) is 7.06. The predicted octanol–water partition coefficient (Wildman–Crippen LogP) is 3.10. The van der Waals surface area contributed by atoms with Crippen molar-refractivity contribution in [3.05, 3.63) is 75.9 Å². The van der Waals surface area contributed by atoms with E-state index in [1.807, 2.05) is 11.6 Å². The second-order valence-corrected chi connectivity index (χ2v) is 5.81. The van der Waals surface area contributed by atoms with Crippen molar-refractivity contribution >= 4 is 11.9 Å². The summed E-state index contributed by atoms with van der Waals surface area (Å²) in [5, 5.41) is 33.4. The van der Waals surface area contributed by atoms with Crippen LogP contribution in [0.25, 0.3) is 11.1 Å². The highest BCUT2D eigenvalue weighted by Crippen LogP contribution is 2.35. The number of rotatable bonds is 5. The van der Waals surface area contributed by atoms with E-state index in [1.165, 1.54) is 12.1 Å². The number of nitrogens with zero attached hydrogens (tertiary/aromatic N) is 4. The van der Waals surface area contributed by atoms with Crippen LogP contribution in [0.2, 0.25) is 0 Å². The lowest BCUT2D eigenvalue weighted by Crippen LogP contribution is -1.99. The number of hydrogen-bond acceptors (Lipinski definition) is 6. The molecule has 0 bridgehead atoms. The molecule has 3 rings (SSSR count). The molecule has 0 spiro atoms. The molecule has 26 heavy (non-hydrogen) atoms. The highest BCUT2D eigenvalue weighted by atomic mass is 16.6. The van der Waals surface area contributed by atoms with Crippen LogP contribution >= 0.6 is 0 Å². The van der Waals surface area contributed by atoms with E-state index in [0.29, 0.717) is 23.1 Å². The van der Waals surface area contributed by atoms with Crippen LogP contribution in [0.3, 0.4) is 0 Å². The number of hydrogen-bond donors (Lipinski definition) is 2. The number of oxime groups is 1.